The maximum atomic E-state index is 13.5. The fourth-order valence-corrected chi connectivity index (χ4v) is 7.27. The van der Waals surface area contributed by atoms with Gasteiger partial charge < -0.3 is 14.2 Å². The van der Waals surface area contributed by atoms with E-state index in [-0.39, 0.29) is 29.7 Å². The molecule has 47 heavy (non-hydrogen) atoms. The number of benzene rings is 2. The number of alkyl halides is 3. The first-order valence-electron chi connectivity index (χ1n) is 16.1. The number of halogens is 4. The number of nitrogens with zero attached hydrogens (tertiary/aromatic N) is 4. The molecule has 12 heteroatoms. The van der Waals surface area contributed by atoms with Crippen LogP contribution in [0.4, 0.5) is 22.4 Å². The summed E-state index contributed by atoms with van der Waals surface area (Å²) in [6, 6.07) is 9.71. The summed E-state index contributed by atoms with van der Waals surface area (Å²) in [5, 5.41) is 5.02. The first-order chi connectivity index (χ1) is 22.5. The fraction of sp³-hybridized carbons (Fsp3) is 0.457. The Balaban J connectivity index is 0.866. The van der Waals surface area contributed by atoms with Crippen molar-refractivity contribution >= 4 is 23.0 Å². The lowest BCUT2D eigenvalue weighted by Gasteiger charge is -2.37. The van der Waals surface area contributed by atoms with Crippen LogP contribution in [-0.4, -0.2) is 76.7 Å². The molecule has 8 nitrogen and oxygen atoms in total. The number of amides is 2. The van der Waals surface area contributed by atoms with Crippen molar-refractivity contribution in [1.82, 2.24) is 19.9 Å². The van der Waals surface area contributed by atoms with Crippen molar-refractivity contribution in [3.05, 3.63) is 88.9 Å². The van der Waals surface area contributed by atoms with Gasteiger partial charge in [0.1, 0.15) is 11.4 Å². The van der Waals surface area contributed by atoms with Gasteiger partial charge in [-0.05, 0) is 54.7 Å². The van der Waals surface area contributed by atoms with Gasteiger partial charge in [-0.25, -0.2) is 9.18 Å². The molecule has 1 aromatic heterocycles. The third kappa shape index (κ3) is 6.65. The molecule has 0 N–H and O–H groups in total. The molecule has 1 unspecified atom stereocenters. The maximum absolute atomic E-state index is 13.5. The average molecular weight is 653 g/mol. The zero-order chi connectivity index (χ0) is 32.8. The molecule has 4 aliphatic rings. The van der Waals surface area contributed by atoms with E-state index < -0.39 is 17.3 Å². The highest BCUT2D eigenvalue weighted by Gasteiger charge is 2.47. The van der Waals surface area contributed by atoms with E-state index >= 15 is 0 Å². The highest BCUT2D eigenvalue weighted by molar-refractivity contribution is 5.82. The molecule has 2 amide bonds. The molecule has 0 saturated carbocycles. The van der Waals surface area contributed by atoms with Gasteiger partial charge in [-0.15, -0.1) is 0 Å². The molecule has 248 valence electrons. The van der Waals surface area contributed by atoms with Gasteiger partial charge >= 0.3 is 12.3 Å². The highest BCUT2D eigenvalue weighted by atomic mass is 19.4. The molecule has 2 aromatic carbocycles. The highest BCUT2D eigenvalue weighted by Crippen LogP contribution is 2.36. The minimum absolute atomic E-state index is 0.0877. The van der Waals surface area contributed by atoms with Gasteiger partial charge in [0.05, 0.1) is 23.7 Å². The monoisotopic (exact) mass is 652 g/mol. The Morgan fingerprint density at radius 3 is 2.43 bits per heavy atom. The molecule has 1 spiro atoms. The van der Waals surface area contributed by atoms with Gasteiger partial charge in [0, 0.05) is 69.5 Å². The van der Waals surface area contributed by atoms with E-state index in [1.165, 1.54) is 24.3 Å². The number of carbonyl (C=O) groups excluding carboxylic acids is 2. The molecular formula is C35H36F4N4O4. The maximum Gasteiger partial charge on any atom is 0.416 e. The first-order valence-corrected chi connectivity index (χ1v) is 16.1. The Morgan fingerprint density at radius 2 is 1.74 bits per heavy atom. The molecule has 0 radical (unpaired) electrons. The number of likely N-dealkylation sites (tertiary alicyclic amines) is 2. The standard InChI is InChI=1S/C35H36F4N4O4/c36-28-9-10-29-30(19-28)47-40-31(29)25-11-15-42(16-12-25)32(44)26-5-1-24(2-6-26)21-43-22-34(46-33(43)45)13-17-41(18-14-34)20-23-3-7-27(8-4-23)35(37,38)39/h1-5,7-10,19,25-26H,6,11-18,20-22H2. The number of piperidine rings is 2. The average Bonchev–Trinajstić information content (AvgIpc) is 3.62. The number of allylic oxidation sites excluding steroid dienone is 1. The molecule has 7 rings (SSSR count). The van der Waals surface area contributed by atoms with E-state index in [1.54, 1.807) is 11.0 Å². The van der Waals surface area contributed by atoms with Gasteiger partial charge in [-0.1, -0.05) is 35.5 Å². The molecule has 0 bridgehead atoms. The van der Waals surface area contributed by atoms with Crippen LogP contribution in [0.2, 0.25) is 0 Å². The van der Waals surface area contributed by atoms with Crippen LogP contribution in [-0.2, 0) is 22.3 Å². The quantitative estimate of drug-likeness (QED) is 0.277. The Hall–Kier alpha value is -4.19. The first kappa shape index (κ1) is 31.4. The molecule has 3 saturated heterocycles. The summed E-state index contributed by atoms with van der Waals surface area (Å²) in [5.41, 5.74) is 1.82. The number of ether oxygens (including phenoxy) is 1. The van der Waals surface area contributed by atoms with Crippen LogP contribution in [0.1, 0.15) is 54.8 Å². The molecule has 3 aliphatic heterocycles. The lowest BCUT2D eigenvalue weighted by Crippen LogP contribution is -2.46. The van der Waals surface area contributed by atoms with Crippen molar-refractivity contribution in [1.29, 1.82) is 0 Å². The summed E-state index contributed by atoms with van der Waals surface area (Å²) in [7, 11) is 0. The summed E-state index contributed by atoms with van der Waals surface area (Å²) in [4.78, 5) is 32.0. The lowest BCUT2D eigenvalue weighted by atomic mass is 9.89. The topological polar surface area (TPSA) is 79.1 Å². The molecule has 1 aliphatic carbocycles. The normalized spacial score (nSPS) is 22.3. The zero-order valence-electron chi connectivity index (χ0n) is 25.8. The van der Waals surface area contributed by atoms with E-state index in [1.807, 2.05) is 23.1 Å². The van der Waals surface area contributed by atoms with Gasteiger partial charge in [0.25, 0.3) is 0 Å². The second kappa shape index (κ2) is 12.4. The molecule has 1 atom stereocenters. The predicted octanol–water partition coefficient (Wildman–Crippen LogP) is 6.68. The molecule has 4 heterocycles. The Morgan fingerprint density at radius 1 is 1.00 bits per heavy atom. The third-order valence-corrected chi connectivity index (χ3v) is 10.0. The van der Waals surface area contributed by atoms with Crippen molar-refractivity contribution in [2.24, 2.45) is 5.92 Å². The SMILES string of the molecule is O=C1OC2(CCN(Cc3ccc(C(F)(F)F)cc3)CC2)CN1CC1=CCC(C(=O)N2CCC(c3noc4cc(F)ccc34)CC2)C=C1. The smallest absolute Gasteiger partial charge is 0.416 e. The summed E-state index contributed by atoms with van der Waals surface area (Å²) in [6.07, 6.45) is 4.59. The lowest BCUT2D eigenvalue weighted by molar-refractivity contribution is -0.137. The van der Waals surface area contributed by atoms with Crippen molar-refractivity contribution in [3.8, 4) is 0 Å². The van der Waals surface area contributed by atoms with Gasteiger partial charge in [0.15, 0.2) is 5.58 Å². The van der Waals surface area contributed by atoms with E-state index in [0.29, 0.717) is 70.7 Å². The number of rotatable bonds is 6. The van der Waals surface area contributed by atoms with Gasteiger partial charge in [-0.3, -0.25) is 14.6 Å². The summed E-state index contributed by atoms with van der Waals surface area (Å²) < 4.78 is 63.4. The van der Waals surface area contributed by atoms with Crippen LogP contribution < -0.4 is 0 Å². The van der Waals surface area contributed by atoms with Gasteiger partial charge in [-0.2, -0.15) is 13.2 Å². The number of carbonyl (C=O) groups is 2. The van der Waals surface area contributed by atoms with Gasteiger partial charge in [0.2, 0.25) is 5.91 Å². The molecule has 3 fully saturated rings. The van der Waals surface area contributed by atoms with Crippen molar-refractivity contribution < 1.29 is 36.4 Å². The van der Waals surface area contributed by atoms with Crippen molar-refractivity contribution in [2.45, 2.75) is 56.3 Å². The Kier molecular flexibility index (Phi) is 8.32. The molecular weight excluding hydrogens is 616 g/mol. The minimum Gasteiger partial charge on any atom is -0.441 e. The van der Waals surface area contributed by atoms with Crippen LogP contribution in [0.5, 0.6) is 0 Å². The third-order valence-electron chi connectivity index (χ3n) is 10.0. The number of fused-ring (bicyclic) bond motifs is 1. The van der Waals surface area contributed by atoms with E-state index in [9.17, 15) is 27.2 Å². The Bertz CT molecular complexity index is 1700. The van der Waals surface area contributed by atoms with Crippen LogP contribution in [0.25, 0.3) is 11.0 Å². The number of hydrogen-bond donors (Lipinski definition) is 0. The second-order valence-electron chi connectivity index (χ2n) is 13.2. The predicted molar refractivity (Wildman–Crippen MR) is 165 cm³/mol. The number of hydrogen-bond acceptors (Lipinski definition) is 6. The van der Waals surface area contributed by atoms with Crippen molar-refractivity contribution in [2.75, 3.05) is 39.3 Å². The van der Waals surface area contributed by atoms with Crippen LogP contribution in [0, 0.1) is 11.7 Å². The van der Waals surface area contributed by atoms with Crippen molar-refractivity contribution in [3.63, 3.8) is 0 Å². The molecule has 3 aromatic rings. The second-order valence-corrected chi connectivity index (χ2v) is 13.2. The van der Waals surface area contributed by atoms with Crippen LogP contribution >= 0.6 is 0 Å². The number of aromatic nitrogens is 1. The summed E-state index contributed by atoms with van der Waals surface area (Å²) in [5.74, 6) is -0.381. The van der Waals surface area contributed by atoms with Crippen LogP contribution in [0.3, 0.4) is 0 Å². The van der Waals surface area contributed by atoms with E-state index in [4.69, 9.17) is 9.26 Å². The van der Waals surface area contributed by atoms with E-state index in [0.717, 1.165) is 47.2 Å². The fourth-order valence-electron chi connectivity index (χ4n) is 7.27. The summed E-state index contributed by atoms with van der Waals surface area (Å²) >= 11 is 0. The van der Waals surface area contributed by atoms with Crippen LogP contribution in [0.15, 0.2) is 70.8 Å². The summed E-state index contributed by atoms with van der Waals surface area (Å²) in [6.45, 7) is 4.03. The van der Waals surface area contributed by atoms with E-state index in [2.05, 4.69) is 10.1 Å². The minimum atomic E-state index is -4.35. The zero-order valence-corrected chi connectivity index (χ0v) is 25.8. The Labute approximate surface area is 269 Å². The largest absolute Gasteiger partial charge is 0.441 e.